The molecule has 0 aliphatic carbocycles. The van der Waals surface area contributed by atoms with Gasteiger partial charge in [0.25, 0.3) is 0 Å². The van der Waals surface area contributed by atoms with E-state index in [4.69, 9.17) is 16.3 Å². The Hall–Kier alpha value is -1.88. The number of carbonyl (C=O) groups excluding carboxylic acids is 2. The van der Waals surface area contributed by atoms with Crippen LogP contribution in [0.1, 0.15) is 25.3 Å². The molecule has 0 bridgehead atoms. The lowest BCUT2D eigenvalue weighted by Gasteiger charge is -2.18. The maximum Gasteiger partial charge on any atom is 0.306 e. The smallest absolute Gasteiger partial charge is 0.306 e. The van der Waals surface area contributed by atoms with Gasteiger partial charge in [-0.3, -0.25) is 19.5 Å². The predicted octanol–water partition coefficient (Wildman–Crippen LogP) is 2.27. The lowest BCUT2D eigenvalue weighted by Crippen LogP contribution is -2.35. The molecule has 1 aromatic rings. The van der Waals surface area contributed by atoms with Gasteiger partial charge in [-0.2, -0.15) is 0 Å². The topological polar surface area (TPSA) is 59.0 Å². The lowest BCUT2D eigenvalue weighted by molar-refractivity contribution is -0.145. The molecule has 112 valence electrons. The molecule has 1 aromatic carbocycles. The van der Waals surface area contributed by atoms with Crippen molar-refractivity contribution in [2.45, 2.75) is 19.8 Å². The standard InChI is InChI=1S/C15H17ClN2O3/c1-2-21-14(20)7-6-13(19)18-9-8-17-15(18)11-4-3-5-12(16)10-11/h3-5,10H,2,6-9H2,1H3. The molecule has 2 rings (SSSR count). The summed E-state index contributed by atoms with van der Waals surface area (Å²) >= 11 is 5.97. The molecule has 0 saturated heterocycles. The SMILES string of the molecule is CCOC(=O)CCC(=O)N1CCN=C1c1cccc(Cl)c1. The van der Waals surface area contributed by atoms with Crippen molar-refractivity contribution in [3.05, 3.63) is 34.9 Å². The maximum absolute atomic E-state index is 12.2. The van der Waals surface area contributed by atoms with Crippen molar-refractivity contribution >= 4 is 29.3 Å². The van der Waals surface area contributed by atoms with Crippen LogP contribution >= 0.6 is 11.6 Å². The number of hydrogen-bond acceptors (Lipinski definition) is 4. The monoisotopic (exact) mass is 308 g/mol. The molecule has 1 amide bonds. The molecule has 0 unspecified atom stereocenters. The molecule has 21 heavy (non-hydrogen) atoms. The van der Waals surface area contributed by atoms with E-state index in [0.29, 0.717) is 30.6 Å². The summed E-state index contributed by atoms with van der Waals surface area (Å²) in [6, 6.07) is 7.23. The van der Waals surface area contributed by atoms with Crippen LogP contribution in [-0.2, 0) is 14.3 Å². The van der Waals surface area contributed by atoms with Gasteiger partial charge in [0, 0.05) is 23.6 Å². The molecule has 1 aliphatic rings. The average molecular weight is 309 g/mol. The highest BCUT2D eigenvalue weighted by Gasteiger charge is 2.25. The number of nitrogens with zero attached hydrogens (tertiary/aromatic N) is 2. The first-order chi connectivity index (χ1) is 10.1. The number of benzene rings is 1. The van der Waals surface area contributed by atoms with Gasteiger partial charge in [0.1, 0.15) is 5.84 Å². The van der Waals surface area contributed by atoms with E-state index in [1.807, 2.05) is 12.1 Å². The van der Waals surface area contributed by atoms with Gasteiger partial charge >= 0.3 is 5.97 Å². The molecular weight excluding hydrogens is 292 g/mol. The Morgan fingerprint density at radius 1 is 1.38 bits per heavy atom. The Labute approximate surface area is 128 Å². The van der Waals surface area contributed by atoms with E-state index in [0.717, 1.165) is 5.56 Å². The minimum absolute atomic E-state index is 0.0893. The third kappa shape index (κ3) is 4.04. The Kier molecular flexibility index (Phi) is 5.33. The Morgan fingerprint density at radius 3 is 2.90 bits per heavy atom. The summed E-state index contributed by atoms with van der Waals surface area (Å²) in [5.41, 5.74) is 0.810. The highest BCUT2D eigenvalue weighted by Crippen LogP contribution is 2.17. The summed E-state index contributed by atoms with van der Waals surface area (Å²) in [6.45, 7) is 3.16. The number of aliphatic imine (C=N–C) groups is 1. The molecule has 0 spiro atoms. The molecular formula is C15H17ClN2O3. The number of amidine groups is 1. The van der Waals surface area contributed by atoms with Gasteiger partial charge in [0.15, 0.2) is 0 Å². The van der Waals surface area contributed by atoms with Crippen LogP contribution < -0.4 is 0 Å². The molecule has 6 heteroatoms. The van der Waals surface area contributed by atoms with E-state index < -0.39 is 0 Å². The third-order valence-electron chi connectivity index (χ3n) is 3.07. The number of esters is 1. The zero-order valence-electron chi connectivity index (χ0n) is 11.8. The summed E-state index contributed by atoms with van der Waals surface area (Å²) < 4.78 is 4.82. The van der Waals surface area contributed by atoms with Gasteiger partial charge in [0.2, 0.25) is 5.91 Å². The Balaban J connectivity index is 2.01. The van der Waals surface area contributed by atoms with E-state index in [-0.39, 0.29) is 24.7 Å². The largest absolute Gasteiger partial charge is 0.466 e. The second-order valence-electron chi connectivity index (χ2n) is 4.57. The van der Waals surface area contributed by atoms with Crippen LogP contribution in [-0.4, -0.2) is 42.3 Å². The van der Waals surface area contributed by atoms with Crippen LogP contribution in [0.5, 0.6) is 0 Å². The van der Waals surface area contributed by atoms with Crippen molar-refractivity contribution in [2.75, 3.05) is 19.7 Å². The predicted molar refractivity (Wildman–Crippen MR) is 80.4 cm³/mol. The van der Waals surface area contributed by atoms with E-state index >= 15 is 0 Å². The van der Waals surface area contributed by atoms with Gasteiger partial charge in [-0.1, -0.05) is 23.7 Å². The van der Waals surface area contributed by atoms with Crippen molar-refractivity contribution in [3.63, 3.8) is 0 Å². The van der Waals surface area contributed by atoms with Crippen molar-refractivity contribution < 1.29 is 14.3 Å². The fourth-order valence-electron chi connectivity index (χ4n) is 2.14. The molecule has 0 N–H and O–H groups in total. The number of ether oxygens (including phenoxy) is 1. The van der Waals surface area contributed by atoms with E-state index in [1.54, 1.807) is 24.0 Å². The van der Waals surface area contributed by atoms with Crippen molar-refractivity contribution in [1.29, 1.82) is 0 Å². The molecule has 1 aliphatic heterocycles. The van der Waals surface area contributed by atoms with Gasteiger partial charge in [-0.15, -0.1) is 0 Å². The quantitative estimate of drug-likeness (QED) is 0.784. The van der Waals surface area contributed by atoms with Crippen LogP contribution in [0.25, 0.3) is 0 Å². The first-order valence-corrected chi connectivity index (χ1v) is 7.26. The van der Waals surface area contributed by atoms with Gasteiger partial charge < -0.3 is 4.74 Å². The fourth-order valence-corrected chi connectivity index (χ4v) is 2.33. The van der Waals surface area contributed by atoms with Crippen molar-refractivity contribution in [1.82, 2.24) is 4.90 Å². The molecule has 5 nitrogen and oxygen atoms in total. The summed E-state index contributed by atoms with van der Waals surface area (Å²) in [6.07, 6.45) is 0.213. The molecule has 0 radical (unpaired) electrons. The van der Waals surface area contributed by atoms with Gasteiger partial charge in [-0.05, 0) is 19.1 Å². The Bertz CT molecular complexity index is 572. The number of carbonyl (C=O) groups is 2. The molecule has 0 aromatic heterocycles. The second-order valence-corrected chi connectivity index (χ2v) is 5.00. The molecule has 0 saturated carbocycles. The van der Waals surface area contributed by atoms with Crippen LogP contribution in [0.3, 0.4) is 0 Å². The van der Waals surface area contributed by atoms with Crippen molar-refractivity contribution in [2.24, 2.45) is 4.99 Å². The number of halogens is 1. The molecule has 0 atom stereocenters. The van der Waals surface area contributed by atoms with E-state index in [1.165, 1.54) is 0 Å². The Morgan fingerprint density at radius 2 is 2.19 bits per heavy atom. The first kappa shape index (κ1) is 15.5. The summed E-state index contributed by atoms with van der Waals surface area (Å²) in [5.74, 6) is 0.136. The van der Waals surface area contributed by atoms with Crippen LogP contribution in [0.4, 0.5) is 0 Å². The fraction of sp³-hybridized carbons (Fsp3) is 0.400. The minimum atomic E-state index is -0.355. The normalized spacial score (nSPS) is 14.0. The number of amides is 1. The number of hydrogen-bond donors (Lipinski definition) is 0. The summed E-state index contributed by atoms with van der Waals surface area (Å²) in [5, 5.41) is 0.598. The zero-order chi connectivity index (χ0) is 15.2. The highest BCUT2D eigenvalue weighted by molar-refractivity contribution is 6.31. The summed E-state index contributed by atoms with van der Waals surface area (Å²) in [7, 11) is 0. The highest BCUT2D eigenvalue weighted by atomic mass is 35.5. The average Bonchev–Trinajstić information content (AvgIpc) is 2.94. The van der Waals surface area contributed by atoms with Gasteiger partial charge in [0.05, 0.1) is 19.6 Å². The molecule has 0 fully saturated rings. The van der Waals surface area contributed by atoms with Crippen LogP contribution in [0.15, 0.2) is 29.3 Å². The minimum Gasteiger partial charge on any atom is -0.466 e. The second kappa shape index (κ2) is 7.22. The van der Waals surface area contributed by atoms with Gasteiger partial charge in [-0.25, -0.2) is 0 Å². The lowest BCUT2D eigenvalue weighted by atomic mass is 10.2. The maximum atomic E-state index is 12.2. The van der Waals surface area contributed by atoms with Crippen molar-refractivity contribution in [3.8, 4) is 0 Å². The third-order valence-corrected chi connectivity index (χ3v) is 3.31. The molecule has 1 heterocycles. The summed E-state index contributed by atoms with van der Waals surface area (Å²) in [4.78, 5) is 29.5. The van der Waals surface area contributed by atoms with E-state index in [9.17, 15) is 9.59 Å². The van der Waals surface area contributed by atoms with Crippen LogP contribution in [0, 0.1) is 0 Å². The zero-order valence-corrected chi connectivity index (χ0v) is 12.6. The number of rotatable bonds is 5. The first-order valence-electron chi connectivity index (χ1n) is 6.88. The van der Waals surface area contributed by atoms with E-state index in [2.05, 4.69) is 4.99 Å². The van der Waals surface area contributed by atoms with Crippen LogP contribution in [0.2, 0.25) is 5.02 Å².